The predicted molar refractivity (Wildman–Crippen MR) is 247 cm³/mol. The molecule has 0 aromatic heterocycles. The molecule has 0 spiro atoms. The van der Waals surface area contributed by atoms with Crippen molar-refractivity contribution < 1.29 is 29.2 Å². The average molecular weight is 829 g/mol. The Morgan fingerprint density at radius 2 is 0.951 bits per heavy atom. The fourth-order valence-electron chi connectivity index (χ4n) is 9.59. The van der Waals surface area contributed by atoms with Crippen LogP contribution in [0.15, 0.2) is 84.9 Å². The molecule has 3 saturated heterocycles. The van der Waals surface area contributed by atoms with Crippen LogP contribution in [0.1, 0.15) is 76.0 Å². The second-order valence-electron chi connectivity index (χ2n) is 16.4. The van der Waals surface area contributed by atoms with E-state index in [-0.39, 0.29) is 36.9 Å². The van der Waals surface area contributed by atoms with E-state index in [0.29, 0.717) is 12.5 Å². The Morgan fingerprint density at radius 1 is 0.574 bits per heavy atom. The maximum Gasteiger partial charge on any atom is 0.376 e. The van der Waals surface area contributed by atoms with Crippen molar-refractivity contribution in [3.8, 4) is 0 Å². The average Bonchev–Trinajstić information content (AvgIpc) is 3.88. The SMILES string of the molecule is C/C=C1\C(=O)N(C2CCN(B(C)O)CC2)c2ccccc21.C/C=C1\C(=O)N(C2CCNCC2)c2ccccc21.CB(O)N1CCC(N2C(=O)Cc3ccccc32)CC1.CC=O. The largest absolute Gasteiger partial charge is 0.437 e. The Hall–Kier alpha value is -4.85. The number of nitrogens with one attached hydrogen (secondary N) is 1. The second kappa shape index (κ2) is 21.3. The van der Waals surface area contributed by atoms with Crippen LogP contribution in [-0.4, -0.2) is 115 Å². The van der Waals surface area contributed by atoms with E-state index < -0.39 is 7.05 Å². The number of aldehydes is 1. The fourth-order valence-corrected chi connectivity index (χ4v) is 9.59. The third kappa shape index (κ3) is 10.1. The number of anilines is 3. The fraction of sp³-hybridized carbons (Fsp3) is 0.447. The molecule has 61 heavy (non-hydrogen) atoms. The Balaban J connectivity index is 0.000000148. The van der Waals surface area contributed by atoms with Gasteiger partial charge in [0, 0.05) is 46.1 Å². The summed E-state index contributed by atoms with van der Waals surface area (Å²) in [7, 11) is -0.791. The van der Waals surface area contributed by atoms with Gasteiger partial charge in [0.2, 0.25) is 5.91 Å². The van der Waals surface area contributed by atoms with Crippen LogP contribution in [0.25, 0.3) is 11.1 Å². The van der Waals surface area contributed by atoms with E-state index in [0.717, 1.165) is 129 Å². The lowest BCUT2D eigenvalue weighted by atomic mass is 9.82. The number of benzene rings is 3. The van der Waals surface area contributed by atoms with Gasteiger partial charge in [-0.1, -0.05) is 66.7 Å². The number of amides is 3. The van der Waals surface area contributed by atoms with E-state index in [2.05, 4.69) is 21.0 Å². The first-order valence-electron chi connectivity index (χ1n) is 22.1. The van der Waals surface area contributed by atoms with Gasteiger partial charge in [0.25, 0.3) is 11.8 Å². The van der Waals surface area contributed by atoms with E-state index in [1.165, 1.54) is 6.92 Å². The van der Waals surface area contributed by atoms with Crippen LogP contribution in [0.3, 0.4) is 0 Å². The summed E-state index contributed by atoms with van der Waals surface area (Å²) < 4.78 is 0. The predicted octanol–water partition coefficient (Wildman–Crippen LogP) is 5.56. The standard InChI is InChI=1S/C16H21BN2O2.C15H18N2O.C14H19BN2O2.C2H4O/c1-3-13-14-6-4-5-7-15(14)19(16(13)20)12-8-10-18(11-9-12)17(2)21;1-2-12-13-5-3-4-6-14(13)17(15(12)18)11-7-9-16-10-8-11;1-15(19)16-8-6-12(7-9-16)17-13-5-3-2-4-11(13)10-14(17)18;1-2-3/h3-7,12,21H,8-11H2,1-2H3;2-6,11,16H,7-10H2,1H3;2-5,12,19H,6-10H2,1H3;2H,1H3/b13-3-;12-2-;;. The van der Waals surface area contributed by atoms with E-state index in [9.17, 15) is 24.4 Å². The van der Waals surface area contributed by atoms with Crippen molar-refractivity contribution in [2.45, 2.75) is 97.5 Å². The number of nitrogens with zero attached hydrogens (tertiary/aromatic N) is 5. The zero-order valence-electron chi connectivity index (χ0n) is 36.5. The quantitative estimate of drug-likeness (QED) is 0.172. The monoisotopic (exact) mass is 828 g/mol. The minimum absolute atomic E-state index is 0.120. The zero-order valence-corrected chi connectivity index (χ0v) is 36.5. The summed E-state index contributed by atoms with van der Waals surface area (Å²) >= 11 is 0. The highest BCUT2D eigenvalue weighted by molar-refractivity contribution is 6.45. The first kappa shape index (κ1) is 45.7. The summed E-state index contributed by atoms with van der Waals surface area (Å²) in [5.74, 6) is 0.511. The highest BCUT2D eigenvalue weighted by Gasteiger charge is 2.39. The molecule has 0 radical (unpaired) electrons. The van der Waals surface area contributed by atoms with Gasteiger partial charge in [-0.2, -0.15) is 0 Å². The van der Waals surface area contributed by atoms with Crippen LogP contribution in [0, 0.1) is 0 Å². The molecular weight excluding hydrogens is 766 g/mol. The first-order valence-corrected chi connectivity index (χ1v) is 22.1. The molecule has 322 valence electrons. The van der Waals surface area contributed by atoms with Crippen molar-refractivity contribution in [1.29, 1.82) is 0 Å². The topological polar surface area (TPSA) is 137 Å². The summed E-state index contributed by atoms with van der Waals surface area (Å²) in [6.45, 7) is 14.3. The number of hydrogen-bond donors (Lipinski definition) is 3. The van der Waals surface area contributed by atoms with Crippen molar-refractivity contribution in [1.82, 2.24) is 14.9 Å². The molecule has 6 aliphatic rings. The maximum absolute atomic E-state index is 12.7. The number of allylic oxidation sites excluding steroid dienone is 2. The van der Waals surface area contributed by atoms with Crippen LogP contribution in [-0.2, 0) is 25.6 Å². The molecule has 0 atom stereocenters. The van der Waals surface area contributed by atoms with Crippen molar-refractivity contribution in [2.75, 3.05) is 54.0 Å². The molecule has 0 bridgehead atoms. The number of rotatable bonds is 5. The number of hydrogen-bond acceptors (Lipinski definition) is 9. The Labute approximate surface area is 362 Å². The summed E-state index contributed by atoms with van der Waals surface area (Å²) in [5, 5.41) is 22.6. The molecule has 12 nitrogen and oxygen atoms in total. The van der Waals surface area contributed by atoms with Crippen LogP contribution < -0.4 is 20.0 Å². The molecular formula is C47H62B2N6O6. The normalized spacial score (nSPS) is 20.9. The lowest BCUT2D eigenvalue weighted by Gasteiger charge is -2.37. The van der Waals surface area contributed by atoms with Crippen molar-refractivity contribution in [2.24, 2.45) is 0 Å². The second-order valence-corrected chi connectivity index (χ2v) is 16.4. The number of fused-ring (bicyclic) bond motifs is 3. The van der Waals surface area contributed by atoms with Gasteiger partial charge in [-0.25, -0.2) is 0 Å². The molecule has 9 rings (SSSR count). The third-order valence-corrected chi connectivity index (χ3v) is 12.7. The Morgan fingerprint density at radius 3 is 1.38 bits per heavy atom. The van der Waals surface area contributed by atoms with E-state index in [4.69, 9.17) is 4.79 Å². The molecule has 0 saturated carbocycles. The van der Waals surface area contributed by atoms with Crippen LogP contribution in [0.4, 0.5) is 17.1 Å². The van der Waals surface area contributed by atoms with Gasteiger partial charge in [-0.05, 0) is 136 Å². The Kier molecular flexibility index (Phi) is 15.9. The summed E-state index contributed by atoms with van der Waals surface area (Å²) in [6, 6.07) is 25.1. The van der Waals surface area contributed by atoms with Gasteiger partial charge in [0.1, 0.15) is 6.29 Å². The summed E-state index contributed by atoms with van der Waals surface area (Å²) in [6.07, 6.45) is 10.9. The molecule has 14 heteroatoms. The molecule has 3 amide bonds. The minimum Gasteiger partial charge on any atom is -0.437 e. The minimum atomic E-state index is -0.404. The van der Waals surface area contributed by atoms with Gasteiger partial charge < -0.3 is 44.5 Å². The van der Waals surface area contributed by atoms with Crippen LogP contribution in [0.5, 0.6) is 0 Å². The molecule has 3 fully saturated rings. The van der Waals surface area contributed by atoms with Gasteiger partial charge in [-0.15, -0.1) is 0 Å². The lowest BCUT2D eigenvalue weighted by molar-refractivity contribution is -0.118. The molecule has 3 N–H and O–H groups in total. The number of carbonyl (C=O) groups is 4. The highest BCUT2D eigenvalue weighted by atomic mass is 16.2. The van der Waals surface area contributed by atoms with Crippen LogP contribution in [0.2, 0.25) is 13.6 Å². The van der Waals surface area contributed by atoms with E-state index in [1.807, 2.05) is 107 Å². The van der Waals surface area contributed by atoms with Gasteiger partial charge in [0.15, 0.2) is 0 Å². The number of para-hydroxylation sites is 3. The smallest absolute Gasteiger partial charge is 0.376 e. The molecule has 6 heterocycles. The molecule has 0 aliphatic carbocycles. The first-order chi connectivity index (χ1) is 29.5. The van der Waals surface area contributed by atoms with Crippen molar-refractivity contribution in [3.05, 3.63) is 102 Å². The van der Waals surface area contributed by atoms with Crippen molar-refractivity contribution >= 4 is 66.3 Å². The molecule has 0 unspecified atom stereocenters. The van der Waals surface area contributed by atoms with E-state index >= 15 is 0 Å². The lowest BCUT2D eigenvalue weighted by Crippen LogP contribution is -2.50. The van der Waals surface area contributed by atoms with Gasteiger partial charge in [0.05, 0.1) is 17.8 Å². The van der Waals surface area contributed by atoms with Gasteiger partial charge in [-0.3, -0.25) is 14.4 Å². The third-order valence-electron chi connectivity index (χ3n) is 12.7. The summed E-state index contributed by atoms with van der Waals surface area (Å²) in [4.78, 5) is 56.3. The summed E-state index contributed by atoms with van der Waals surface area (Å²) in [5.41, 5.74) is 8.14. The highest BCUT2D eigenvalue weighted by Crippen LogP contribution is 2.41. The van der Waals surface area contributed by atoms with Gasteiger partial charge >= 0.3 is 14.1 Å². The molecule has 6 aliphatic heterocycles. The molecule has 3 aromatic rings. The zero-order chi connectivity index (χ0) is 43.6. The molecule has 3 aromatic carbocycles. The van der Waals surface area contributed by atoms with E-state index in [1.54, 1.807) is 13.6 Å². The number of carbonyl (C=O) groups excluding carboxylic acids is 4. The number of piperidine rings is 3. The van der Waals surface area contributed by atoms with Crippen LogP contribution >= 0.6 is 0 Å². The Bertz CT molecular complexity index is 2070. The maximum atomic E-state index is 12.7. The van der Waals surface area contributed by atoms with Crippen molar-refractivity contribution in [3.63, 3.8) is 0 Å².